The van der Waals surface area contributed by atoms with Crippen molar-refractivity contribution in [3.63, 3.8) is 0 Å². The first-order valence-electron chi connectivity index (χ1n) is 21.9. The lowest BCUT2D eigenvalue weighted by molar-refractivity contribution is -0.151. The van der Waals surface area contributed by atoms with Crippen molar-refractivity contribution >= 4 is 53.7 Å². The number of esters is 8. The molecule has 0 unspecified atom stereocenters. The summed E-state index contributed by atoms with van der Waals surface area (Å²) in [4.78, 5) is 110. The van der Waals surface area contributed by atoms with Crippen LogP contribution in [0.1, 0.15) is 56.8 Å². The van der Waals surface area contributed by atoms with Crippen LogP contribution in [0, 0.1) is 0 Å². The van der Waals surface area contributed by atoms with Crippen molar-refractivity contribution in [2.75, 3.05) is 33.0 Å². The summed E-state index contributed by atoms with van der Waals surface area (Å²) in [5.41, 5.74) is 3.16. The molecule has 0 bridgehead atoms. The monoisotopic (exact) mass is 981 g/mol. The van der Waals surface area contributed by atoms with Gasteiger partial charge in [-0.25, -0.2) is 19.2 Å². The van der Waals surface area contributed by atoms with E-state index in [9.17, 15) is 43.2 Å². The standard InChI is InChI=1S/C54H47NO17/c1-4-29-55-52(62)44-34-43(71-53(63)39-11-7-35(8-12-39)37-15-19-41(20-16-37)69-50(60)27-25-48(58)67-32-30-65-46(56)5-2)23-24-45(44)72-54(64)40-13-9-36(10-14-40)38-17-21-42(22-18-38)70-51(61)28-26-49(59)68-33-31-66-47(57)6-3/h4-24,34H,1-3,25-33H2,(H,55,62). The predicted octanol–water partition coefficient (Wildman–Crippen LogP) is 7.29. The first kappa shape index (κ1) is 53.5. The van der Waals surface area contributed by atoms with Gasteiger partial charge in [0, 0.05) is 18.7 Å². The van der Waals surface area contributed by atoms with E-state index < -0.39 is 53.7 Å². The molecule has 0 spiro atoms. The van der Waals surface area contributed by atoms with Crippen molar-refractivity contribution < 1.29 is 81.0 Å². The minimum Gasteiger partial charge on any atom is -0.462 e. The van der Waals surface area contributed by atoms with Crippen LogP contribution < -0.4 is 24.3 Å². The summed E-state index contributed by atoms with van der Waals surface area (Å²) in [7, 11) is 0. The van der Waals surface area contributed by atoms with Gasteiger partial charge in [0.1, 0.15) is 49.4 Å². The van der Waals surface area contributed by atoms with E-state index in [1.54, 1.807) is 84.9 Å². The lowest BCUT2D eigenvalue weighted by Crippen LogP contribution is -2.24. The van der Waals surface area contributed by atoms with Crippen molar-refractivity contribution in [2.45, 2.75) is 25.7 Å². The molecule has 0 saturated carbocycles. The number of benzene rings is 5. The zero-order chi connectivity index (χ0) is 51.8. The van der Waals surface area contributed by atoms with Crippen LogP contribution in [-0.4, -0.2) is 86.6 Å². The lowest BCUT2D eigenvalue weighted by atomic mass is 10.0. The van der Waals surface area contributed by atoms with Gasteiger partial charge in [0.15, 0.2) is 0 Å². The van der Waals surface area contributed by atoms with Crippen LogP contribution in [0.3, 0.4) is 0 Å². The van der Waals surface area contributed by atoms with Crippen LogP contribution in [0.15, 0.2) is 153 Å². The smallest absolute Gasteiger partial charge is 0.343 e. The average molecular weight is 982 g/mol. The van der Waals surface area contributed by atoms with Gasteiger partial charge >= 0.3 is 47.8 Å². The maximum Gasteiger partial charge on any atom is 0.343 e. The molecule has 0 atom stereocenters. The summed E-state index contributed by atoms with van der Waals surface area (Å²) in [6.07, 6.45) is 2.49. The Morgan fingerprint density at radius 1 is 0.417 bits per heavy atom. The van der Waals surface area contributed by atoms with Gasteiger partial charge in [-0.2, -0.15) is 0 Å². The predicted molar refractivity (Wildman–Crippen MR) is 257 cm³/mol. The second-order valence-electron chi connectivity index (χ2n) is 14.8. The molecule has 370 valence electrons. The van der Waals surface area contributed by atoms with Gasteiger partial charge in [0.25, 0.3) is 5.91 Å². The Morgan fingerprint density at radius 3 is 1.21 bits per heavy atom. The zero-order valence-electron chi connectivity index (χ0n) is 38.6. The highest BCUT2D eigenvalue weighted by molar-refractivity contribution is 6.00. The van der Waals surface area contributed by atoms with Crippen molar-refractivity contribution in [1.29, 1.82) is 0 Å². The molecular weight excluding hydrogens is 935 g/mol. The van der Waals surface area contributed by atoms with Gasteiger partial charge in [0.2, 0.25) is 0 Å². The van der Waals surface area contributed by atoms with E-state index in [4.69, 9.17) is 37.9 Å². The van der Waals surface area contributed by atoms with E-state index >= 15 is 0 Å². The Morgan fingerprint density at radius 2 is 0.792 bits per heavy atom. The van der Waals surface area contributed by atoms with Crippen molar-refractivity contribution in [3.05, 3.63) is 170 Å². The minimum absolute atomic E-state index is 0.00605. The molecule has 0 radical (unpaired) electrons. The van der Waals surface area contributed by atoms with E-state index in [0.29, 0.717) is 5.56 Å². The lowest BCUT2D eigenvalue weighted by Gasteiger charge is -2.13. The summed E-state index contributed by atoms with van der Waals surface area (Å²) in [5, 5.41) is 2.63. The Kier molecular flexibility index (Phi) is 20.5. The highest BCUT2D eigenvalue weighted by Crippen LogP contribution is 2.29. The first-order chi connectivity index (χ1) is 34.7. The van der Waals surface area contributed by atoms with Gasteiger partial charge in [-0.15, -0.1) is 6.58 Å². The molecule has 1 N–H and O–H groups in total. The van der Waals surface area contributed by atoms with Gasteiger partial charge < -0.3 is 43.2 Å². The molecule has 5 aromatic rings. The summed E-state index contributed by atoms with van der Waals surface area (Å²) >= 11 is 0. The fourth-order valence-electron chi connectivity index (χ4n) is 6.08. The van der Waals surface area contributed by atoms with Crippen LogP contribution in [0.25, 0.3) is 22.3 Å². The van der Waals surface area contributed by atoms with E-state index in [-0.39, 0.29) is 98.3 Å². The van der Waals surface area contributed by atoms with E-state index in [2.05, 4.69) is 25.1 Å². The highest BCUT2D eigenvalue weighted by atomic mass is 16.6. The third kappa shape index (κ3) is 17.3. The number of hydrogen-bond acceptors (Lipinski definition) is 17. The zero-order valence-corrected chi connectivity index (χ0v) is 38.6. The summed E-state index contributed by atoms with van der Waals surface area (Å²) in [6.45, 7) is 9.61. The number of ether oxygens (including phenoxy) is 8. The summed E-state index contributed by atoms with van der Waals surface area (Å²) in [5.74, 6) is -5.70. The molecule has 18 nitrogen and oxygen atoms in total. The molecule has 5 rings (SSSR count). The molecule has 5 aromatic carbocycles. The quantitative estimate of drug-likeness (QED) is 0.0151. The number of rotatable bonds is 25. The van der Waals surface area contributed by atoms with Gasteiger partial charge in [-0.1, -0.05) is 67.8 Å². The summed E-state index contributed by atoms with van der Waals surface area (Å²) in [6, 6.07) is 29.9. The van der Waals surface area contributed by atoms with Crippen molar-refractivity contribution in [3.8, 4) is 45.3 Å². The molecule has 18 heteroatoms. The molecule has 1 amide bonds. The van der Waals surface area contributed by atoms with Crippen LogP contribution in [0.4, 0.5) is 0 Å². The maximum absolute atomic E-state index is 13.3. The molecule has 72 heavy (non-hydrogen) atoms. The Labute approximate surface area is 412 Å². The van der Waals surface area contributed by atoms with E-state index in [1.807, 2.05) is 0 Å². The third-order valence-electron chi connectivity index (χ3n) is 9.68. The number of amides is 1. The molecule has 0 aliphatic rings. The number of nitrogens with one attached hydrogen (secondary N) is 1. The number of carbonyl (C=O) groups is 9. The largest absolute Gasteiger partial charge is 0.462 e. The first-order valence-corrected chi connectivity index (χ1v) is 21.9. The number of carbonyl (C=O) groups excluding carboxylic acids is 9. The Balaban J connectivity index is 1.12. The Bertz CT molecular complexity index is 2800. The molecule has 0 aromatic heterocycles. The van der Waals surface area contributed by atoms with Crippen molar-refractivity contribution in [1.82, 2.24) is 5.32 Å². The molecular formula is C54H47NO17. The Hall–Kier alpha value is -9.45. The SMILES string of the molecule is C=CCNC(=O)c1cc(OC(=O)c2ccc(-c3ccc(OC(=O)CCC(=O)OCCOC(=O)C=C)cc3)cc2)ccc1OC(=O)c1ccc(-c2ccc(OC(=O)CCC(=O)OCCOC(=O)C=C)cc2)cc1. The fraction of sp³-hybridized carbons (Fsp3) is 0.167. The summed E-state index contributed by atoms with van der Waals surface area (Å²) < 4.78 is 41.1. The van der Waals surface area contributed by atoms with Gasteiger partial charge in [0.05, 0.1) is 42.4 Å². The number of hydrogen-bond donors (Lipinski definition) is 1. The van der Waals surface area contributed by atoms with Gasteiger partial charge in [-0.05, 0) is 89.0 Å². The van der Waals surface area contributed by atoms with Crippen LogP contribution in [0.2, 0.25) is 0 Å². The molecule has 0 aliphatic heterocycles. The van der Waals surface area contributed by atoms with Crippen LogP contribution in [0.5, 0.6) is 23.0 Å². The fourth-order valence-corrected chi connectivity index (χ4v) is 6.08. The molecule has 0 aliphatic carbocycles. The van der Waals surface area contributed by atoms with Crippen LogP contribution in [-0.2, 0) is 47.7 Å². The second kappa shape index (κ2) is 27.5. The van der Waals surface area contributed by atoms with Gasteiger partial charge in [-0.3, -0.25) is 24.0 Å². The molecule has 0 saturated heterocycles. The highest BCUT2D eigenvalue weighted by Gasteiger charge is 2.20. The average Bonchev–Trinajstić information content (AvgIpc) is 3.39. The van der Waals surface area contributed by atoms with E-state index in [1.165, 1.54) is 36.4 Å². The third-order valence-corrected chi connectivity index (χ3v) is 9.68. The van der Waals surface area contributed by atoms with Crippen LogP contribution >= 0.6 is 0 Å². The van der Waals surface area contributed by atoms with Crippen molar-refractivity contribution in [2.24, 2.45) is 0 Å². The maximum atomic E-state index is 13.3. The normalized spacial score (nSPS) is 10.3. The topological polar surface area (TPSA) is 239 Å². The van der Waals surface area contributed by atoms with E-state index in [0.717, 1.165) is 28.8 Å². The molecule has 0 heterocycles. The second-order valence-corrected chi connectivity index (χ2v) is 14.8. The minimum atomic E-state index is -0.777. The molecule has 0 fully saturated rings.